The minimum Gasteiger partial charge on any atom is -0.339 e. The zero-order valence-corrected chi connectivity index (χ0v) is 8.91. The van der Waals surface area contributed by atoms with Crippen molar-refractivity contribution in [2.45, 2.75) is 6.92 Å². The van der Waals surface area contributed by atoms with E-state index < -0.39 is 0 Å². The molecule has 3 nitrogen and oxygen atoms in total. The maximum atomic E-state index is 4.95. The summed E-state index contributed by atoms with van der Waals surface area (Å²) in [5, 5.41) is 7.20. The van der Waals surface area contributed by atoms with E-state index in [1.807, 2.05) is 6.07 Å². The van der Waals surface area contributed by atoms with E-state index >= 15 is 0 Å². The molecule has 0 aliphatic heterocycles. The molecule has 0 bridgehead atoms. The van der Waals surface area contributed by atoms with Crippen LogP contribution in [-0.2, 0) is 0 Å². The van der Waals surface area contributed by atoms with E-state index in [4.69, 9.17) is 4.52 Å². The first-order valence-corrected chi connectivity index (χ1v) is 5.49. The first kappa shape index (κ1) is 8.61. The standard InChI is InChI=1S/C11H8N2OS/c1-7-12-11(13-14-7)9-2-3-10-8(6-9)4-5-15-10/h2-6H,1H3. The maximum Gasteiger partial charge on any atom is 0.223 e. The predicted octanol–water partition coefficient (Wildman–Crippen LogP) is 3.26. The number of rotatable bonds is 1. The van der Waals surface area contributed by atoms with Gasteiger partial charge in [-0.25, -0.2) is 0 Å². The minimum absolute atomic E-state index is 0.593. The fourth-order valence-electron chi connectivity index (χ4n) is 1.52. The molecule has 0 unspecified atom stereocenters. The molecule has 74 valence electrons. The summed E-state index contributed by atoms with van der Waals surface area (Å²) in [4.78, 5) is 4.20. The van der Waals surface area contributed by atoms with Crippen molar-refractivity contribution in [1.29, 1.82) is 0 Å². The smallest absolute Gasteiger partial charge is 0.223 e. The maximum absolute atomic E-state index is 4.95. The second kappa shape index (κ2) is 3.17. The van der Waals surface area contributed by atoms with Gasteiger partial charge in [-0.05, 0) is 35.0 Å². The van der Waals surface area contributed by atoms with Gasteiger partial charge in [-0.1, -0.05) is 5.16 Å². The highest BCUT2D eigenvalue weighted by Gasteiger charge is 2.06. The number of thiophene rings is 1. The molecule has 15 heavy (non-hydrogen) atoms. The Morgan fingerprint density at radius 2 is 2.20 bits per heavy atom. The van der Waals surface area contributed by atoms with Crippen LogP contribution in [-0.4, -0.2) is 10.1 Å². The SMILES string of the molecule is Cc1nc(-c2ccc3sccc3c2)no1. The van der Waals surface area contributed by atoms with Crippen LogP contribution in [0.15, 0.2) is 34.2 Å². The Hall–Kier alpha value is -1.68. The highest BCUT2D eigenvalue weighted by molar-refractivity contribution is 7.17. The monoisotopic (exact) mass is 216 g/mol. The molecule has 0 aliphatic rings. The lowest BCUT2D eigenvalue weighted by atomic mass is 10.1. The predicted molar refractivity (Wildman–Crippen MR) is 59.9 cm³/mol. The molecular formula is C11H8N2OS. The van der Waals surface area contributed by atoms with Crippen molar-refractivity contribution < 1.29 is 4.52 Å². The third-order valence-corrected chi connectivity index (χ3v) is 3.14. The number of aryl methyl sites for hydroxylation is 1. The van der Waals surface area contributed by atoms with E-state index in [9.17, 15) is 0 Å². The number of aromatic nitrogens is 2. The van der Waals surface area contributed by atoms with Crippen LogP contribution < -0.4 is 0 Å². The topological polar surface area (TPSA) is 38.9 Å². The van der Waals surface area contributed by atoms with Gasteiger partial charge in [0.1, 0.15) is 0 Å². The van der Waals surface area contributed by atoms with Crippen molar-refractivity contribution >= 4 is 21.4 Å². The quantitative estimate of drug-likeness (QED) is 0.626. The lowest BCUT2D eigenvalue weighted by Gasteiger charge is -1.94. The van der Waals surface area contributed by atoms with Gasteiger partial charge in [0.15, 0.2) is 0 Å². The summed E-state index contributed by atoms with van der Waals surface area (Å²) < 4.78 is 6.23. The summed E-state index contributed by atoms with van der Waals surface area (Å²) in [5.41, 5.74) is 0.998. The van der Waals surface area contributed by atoms with Gasteiger partial charge in [0.25, 0.3) is 0 Å². The molecule has 0 N–H and O–H groups in total. The summed E-state index contributed by atoms with van der Waals surface area (Å²) in [6.07, 6.45) is 0. The van der Waals surface area contributed by atoms with Crippen LogP contribution in [0.4, 0.5) is 0 Å². The summed E-state index contributed by atoms with van der Waals surface area (Å²) in [5.74, 6) is 1.25. The highest BCUT2D eigenvalue weighted by atomic mass is 32.1. The second-order valence-corrected chi connectivity index (χ2v) is 4.26. The van der Waals surface area contributed by atoms with Crippen LogP contribution in [0.5, 0.6) is 0 Å². The minimum atomic E-state index is 0.593. The van der Waals surface area contributed by atoms with Crippen LogP contribution in [0.2, 0.25) is 0 Å². The summed E-state index contributed by atoms with van der Waals surface area (Å²) in [6.45, 7) is 1.79. The van der Waals surface area contributed by atoms with E-state index in [0.717, 1.165) is 5.56 Å². The Morgan fingerprint density at radius 3 is 3.00 bits per heavy atom. The lowest BCUT2D eigenvalue weighted by Crippen LogP contribution is -1.79. The van der Waals surface area contributed by atoms with Gasteiger partial charge in [-0.3, -0.25) is 0 Å². The van der Waals surface area contributed by atoms with Crippen LogP contribution in [0.3, 0.4) is 0 Å². The zero-order chi connectivity index (χ0) is 10.3. The number of nitrogens with zero attached hydrogens (tertiary/aromatic N) is 2. The third-order valence-electron chi connectivity index (χ3n) is 2.24. The van der Waals surface area contributed by atoms with Gasteiger partial charge < -0.3 is 4.52 Å². The molecule has 4 heteroatoms. The van der Waals surface area contributed by atoms with Gasteiger partial charge in [-0.2, -0.15) is 4.98 Å². The molecule has 0 saturated carbocycles. The molecular weight excluding hydrogens is 208 g/mol. The molecule has 0 amide bonds. The fraction of sp³-hybridized carbons (Fsp3) is 0.0909. The van der Waals surface area contributed by atoms with Gasteiger partial charge >= 0.3 is 0 Å². The number of hydrogen-bond donors (Lipinski definition) is 0. The molecule has 2 heterocycles. The average Bonchev–Trinajstić information content (AvgIpc) is 2.84. The van der Waals surface area contributed by atoms with E-state index in [0.29, 0.717) is 11.7 Å². The number of benzene rings is 1. The van der Waals surface area contributed by atoms with E-state index in [1.54, 1.807) is 18.3 Å². The van der Waals surface area contributed by atoms with Crippen LogP contribution in [0.25, 0.3) is 21.5 Å². The highest BCUT2D eigenvalue weighted by Crippen LogP contribution is 2.25. The van der Waals surface area contributed by atoms with Gasteiger partial charge in [0, 0.05) is 17.2 Å². The van der Waals surface area contributed by atoms with E-state index in [2.05, 4.69) is 33.7 Å². The molecule has 2 aromatic heterocycles. The molecule has 0 fully saturated rings. The van der Waals surface area contributed by atoms with Crippen molar-refractivity contribution in [3.63, 3.8) is 0 Å². The van der Waals surface area contributed by atoms with Crippen LogP contribution >= 0.6 is 11.3 Å². The van der Waals surface area contributed by atoms with Crippen molar-refractivity contribution in [3.8, 4) is 11.4 Å². The first-order valence-electron chi connectivity index (χ1n) is 4.61. The largest absolute Gasteiger partial charge is 0.339 e. The van der Waals surface area contributed by atoms with E-state index in [1.165, 1.54) is 10.1 Å². The van der Waals surface area contributed by atoms with Crippen molar-refractivity contribution in [2.75, 3.05) is 0 Å². The Labute approximate surface area is 90.4 Å². The second-order valence-electron chi connectivity index (χ2n) is 3.31. The zero-order valence-electron chi connectivity index (χ0n) is 8.10. The van der Waals surface area contributed by atoms with Crippen molar-refractivity contribution in [3.05, 3.63) is 35.5 Å². The lowest BCUT2D eigenvalue weighted by molar-refractivity contribution is 0.394. The van der Waals surface area contributed by atoms with Crippen LogP contribution in [0.1, 0.15) is 5.89 Å². The van der Waals surface area contributed by atoms with Gasteiger partial charge in [0.05, 0.1) is 0 Å². The van der Waals surface area contributed by atoms with Crippen LogP contribution in [0, 0.1) is 6.92 Å². The molecule has 0 spiro atoms. The molecule has 3 rings (SSSR count). The molecule has 0 saturated heterocycles. The molecule has 0 atom stereocenters. The Kier molecular flexibility index (Phi) is 1.82. The molecule has 0 radical (unpaired) electrons. The summed E-state index contributed by atoms with van der Waals surface area (Å²) in [6, 6.07) is 8.27. The normalized spacial score (nSPS) is 11.0. The van der Waals surface area contributed by atoms with Gasteiger partial charge in [-0.15, -0.1) is 11.3 Å². The van der Waals surface area contributed by atoms with Gasteiger partial charge in [0.2, 0.25) is 11.7 Å². The Bertz CT molecular complexity index is 612. The first-order chi connectivity index (χ1) is 7.33. The Morgan fingerprint density at radius 1 is 1.27 bits per heavy atom. The molecule has 0 aliphatic carbocycles. The van der Waals surface area contributed by atoms with Crippen molar-refractivity contribution in [2.24, 2.45) is 0 Å². The third kappa shape index (κ3) is 1.43. The van der Waals surface area contributed by atoms with Crippen molar-refractivity contribution in [1.82, 2.24) is 10.1 Å². The Balaban J connectivity index is 2.18. The summed E-state index contributed by atoms with van der Waals surface area (Å²) in [7, 11) is 0. The fourth-order valence-corrected chi connectivity index (χ4v) is 2.29. The number of hydrogen-bond acceptors (Lipinski definition) is 4. The summed E-state index contributed by atoms with van der Waals surface area (Å²) >= 11 is 1.73. The molecule has 3 aromatic rings. The molecule has 1 aromatic carbocycles. The van der Waals surface area contributed by atoms with E-state index in [-0.39, 0.29) is 0 Å². The average molecular weight is 216 g/mol. The number of fused-ring (bicyclic) bond motifs is 1.